The lowest BCUT2D eigenvalue weighted by atomic mass is 9.94. The zero-order valence-electron chi connectivity index (χ0n) is 19.2. The molecule has 0 bridgehead atoms. The molecule has 178 valence electrons. The lowest BCUT2D eigenvalue weighted by Gasteiger charge is -2.33. The lowest BCUT2D eigenvalue weighted by Crippen LogP contribution is -2.54. The zero-order valence-corrected chi connectivity index (χ0v) is 20.1. The number of hydrogen-bond donors (Lipinski definition) is 1. The van der Waals surface area contributed by atoms with Gasteiger partial charge < -0.3 is 15.0 Å². The first-order valence-electron chi connectivity index (χ1n) is 11.5. The van der Waals surface area contributed by atoms with Gasteiger partial charge in [-0.3, -0.25) is 9.59 Å². The van der Waals surface area contributed by atoms with Crippen LogP contribution < -0.4 is 10.1 Å². The van der Waals surface area contributed by atoms with Gasteiger partial charge in [0, 0.05) is 26.2 Å². The standard InChI is InChI=1S/C23H35N3O5S/c1-4-17(2)21(23(28)25-13-5-6-14-25)24-22(27)18-8-7-15-26(16-18)32(29,30)20-11-9-19(31-3)10-12-20/h9-12,17-18,21H,4-8,13-16H2,1-3H3,(H,24,27)/t17-,18+,21+/m1/s1. The van der Waals surface area contributed by atoms with Crippen molar-refractivity contribution in [3.05, 3.63) is 24.3 Å². The summed E-state index contributed by atoms with van der Waals surface area (Å²) in [5.74, 6) is -0.149. The Morgan fingerprint density at radius 1 is 1.12 bits per heavy atom. The molecule has 8 nitrogen and oxygen atoms in total. The minimum Gasteiger partial charge on any atom is -0.497 e. The van der Waals surface area contributed by atoms with Gasteiger partial charge in [0.1, 0.15) is 11.8 Å². The van der Waals surface area contributed by atoms with Crippen LogP contribution in [0.2, 0.25) is 0 Å². The van der Waals surface area contributed by atoms with Crippen LogP contribution in [0.15, 0.2) is 29.2 Å². The SMILES string of the molecule is CC[C@@H](C)[C@H](NC(=O)[C@H]1CCCN(S(=O)(=O)c2ccc(OC)cc2)C1)C(=O)N1CCCC1. The Balaban J connectivity index is 1.69. The van der Waals surface area contributed by atoms with Gasteiger partial charge in [0.05, 0.1) is 17.9 Å². The highest BCUT2D eigenvalue weighted by Gasteiger charge is 2.37. The molecule has 2 aliphatic heterocycles. The summed E-state index contributed by atoms with van der Waals surface area (Å²) in [6.45, 7) is 5.94. The van der Waals surface area contributed by atoms with E-state index in [1.54, 1.807) is 12.1 Å². The molecule has 1 aromatic rings. The summed E-state index contributed by atoms with van der Waals surface area (Å²) in [6, 6.07) is 5.69. The number of nitrogens with zero attached hydrogens (tertiary/aromatic N) is 2. The van der Waals surface area contributed by atoms with E-state index in [1.807, 2.05) is 18.7 Å². The third-order valence-corrected chi connectivity index (χ3v) is 8.53. The molecule has 2 aliphatic rings. The Morgan fingerprint density at radius 3 is 2.38 bits per heavy atom. The van der Waals surface area contributed by atoms with Crippen LogP contribution in [0.5, 0.6) is 5.75 Å². The Labute approximate surface area is 191 Å². The maximum atomic E-state index is 13.1. The normalized spacial score (nSPS) is 21.7. The van der Waals surface area contributed by atoms with E-state index >= 15 is 0 Å². The van der Waals surface area contributed by atoms with E-state index in [1.165, 1.54) is 23.5 Å². The molecule has 0 spiro atoms. The Morgan fingerprint density at radius 2 is 1.78 bits per heavy atom. The smallest absolute Gasteiger partial charge is 0.245 e. The van der Waals surface area contributed by atoms with Crippen molar-refractivity contribution >= 4 is 21.8 Å². The molecule has 0 radical (unpaired) electrons. The highest BCUT2D eigenvalue weighted by Crippen LogP contribution is 2.26. The number of sulfonamides is 1. The van der Waals surface area contributed by atoms with Gasteiger partial charge in [-0.2, -0.15) is 4.31 Å². The first-order chi connectivity index (χ1) is 15.3. The molecule has 1 aromatic carbocycles. The summed E-state index contributed by atoms with van der Waals surface area (Å²) in [4.78, 5) is 28.2. The lowest BCUT2D eigenvalue weighted by molar-refractivity contribution is -0.138. The summed E-state index contributed by atoms with van der Waals surface area (Å²) in [5, 5.41) is 2.97. The summed E-state index contributed by atoms with van der Waals surface area (Å²) in [5.41, 5.74) is 0. The van der Waals surface area contributed by atoms with Crippen LogP contribution in [0.25, 0.3) is 0 Å². The van der Waals surface area contributed by atoms with Gasteiger partial charge in [0.2, 0.25) is 21.8 Å². The molecule has 2 fully saturated rings. The van der Waals surface area contributed by atoms with Gasteiger partial charge in [-0.15, -0.1) is 0 Å². The number of piperidine rings is 1. The molecule has 3 atom stereocenters. The predicted molar refractivity (Wildman–Crippen MR) is 122 cm³/mol. The van der Waals surface area contributed by atoms with Gasteiger partial charge >= 0.3 is 0 Å². The first-order valence-corrected chi connectivity index (χ1v) is 12.9. The van der Waals surface area contributed by atoms with Crippen molar-refractivity contribution < 1.29 is 22.7 Å². The summed E-state index contributed by atoms with van der Waals surface area (Å²) in [6.07, 6.45) is 3.96. The molecule has 9 heteroatoms. The topological polar surface area (TPSA) is 96.0 Å². The fraction of sp³-hybridized carbons (Fsp3) is 0.652. The molecular formula is C23H35N3O5S. The van der Waals surface area contributed by atoms with Crippen LogP contribution in [-0.2, 0) is 19.6 Å². The van der Waals surface area contributed by atoms with Crippen LogP contribution in [0, 0.1) is 11.8 Å². The molecule has 0 unspecified atom stereocenters. The van der Waals surface area contributed by atoms with Crippen LogP contribution in [0.3, 0.4) is 0 Å². The van der Waals surface area contributed by atoms with E-state index in [4.69, 9.17) is 4.74 Å². The van der Waals surface area contributed by atoms with Crippen LogP contribution in [0.4, 0.5) is 0 Å². The average Bonchev–Trinajstić information content (AvgIpc) is 3.36. The van der Waals surface area contributed by atoms with E-state index in [-0.39, 0.29) is 29.2 Å². The molecule has 2 saturated heterocycles. The van der Waals surface area contributed by atoms with E-state index in [9.17, 15) is 18.0 Å². The Hall–Kier alpha value is -2.13. The molecule has 0 aromatic heterocycles. The minimum atomic E-state index is -3.71. The van der Waals surface area contributed by atoms with E-state index in [0.717, 1.165) is 32.4 Å². The zero-order chi connectivity index (χ0) is 23.3. The highest BCUT2D eigenvalue weighted by atomic mass is 32.2. The second-order valence-corrected chi connectivity index (χ2v) is 10.7. The van der Waals surface area contributed by atoms with Gasteiger partial charge in [-0.25, -0.2) is 8.42 Å². The van der Waals surface area contributed by atoms with Gasteiger partial charge in [0.25, 0.3) is 0 Å². The highest BCUT2D eigenvalue weighted by molar-refractivity contribution is 7.89. The molecule has 0 aliphatic carbocycles. The fourth-order valence-electron chi connectivity index (χ4n) is 4.36. The number of methoxy groups -OCH3 is 1. The van der Waals surface area contributed by atoms with Crippen LogP contribution >= 0.6 is 0 Å². The van der Waals surface area contributed by atoms with Crippen molar-refractivity contribution in [3.8, 4) is 5.75 Å². The van der Waals surface area contributed by atoms with Crippen molar-refractivity contribution in [2.45, 2.75) is 56.9 Å². The van der Waals surface area contributed by atoms with Crippen molar-refractivity contribution in [1.82, 2.24) is 14.5 Å². The molecular weight excluding hydrogens is 430 g/mol. The van der Waals surface area contributed by atoms with E-state index in [0.29, 0.717) is 25.1 Å². The van der Waals surface area contributed by atoms with Crippen molar-refractivity contribution in [2.24, 2.45) is 11.8 Å². The number of ether oxygens (including phenoxy) is 1. The summed E-state index contributed by atoms with van der Waals surface area (Å²) in [7, 11) is -2.18. The molecule has 32 heavy (non-hydrogen) atoms. The number of amides is 2. The van der Waals surface area contributed by atoms with E-state index in [2.05, 4.69) is 5.32 Å². The summed E-state index contributed by atoms with van der Waals surface area (Å²) >= 11 is 0. The average molecular weight is 466 g/mol. The van der Waals surface area contributed by atoms with Crippen molar-refractivity contribution in [3.63, 3.8) is 0 Å². The van der Waals surface area contributed by atoms with Gasteiger partial charge in [0.15, 0.2) is 0 Å². The molecule has 3 rings (SSSR count). The number of benzene rings is 1. The third-order valence-electron chi connectivity index (χ3n) is 6.65. The maximum absolute atomic E-state index is 13.1. The largest absolute Gasteiger partial charge is 0.497 e. The maximum Gasteiger partial charge on any atom is 0.245 e. The van der Waals surface area contributed by atoms with Gasteiger partial charge in [-0.1, -0.05) is 20.3 Å². The monoisotopic (exact) mass is 465 g/mol. The fourth-order valence-corrected chi connectivity index (χ4v) is 5.88. The second-order valence-electron chi connectivity index (χ2n) is 8.78. The quantitative estimate of drug-likeness (QED) is 0.635. The molecule has 2 heterocycles. The predicted octanol–water partition coefficient (Wildman–Crippen LogP) is 2.25. The molecule has 0 saturated carbocycles. The third kappa shape index (κ3) is 5.43. The molecule has 1 N–H and O–H groups in total. The number of likely N-dealkylation sites (tertiary alicyclic amines) is 1. The van der Waals surface area contributed by atoms with Gasteiger partial charge in [-0.05, 0) is 55.9 Å². The second kappa shape index (κ2) is 10.7. The molecule has 2 amide bonds. The van der Waals surface area contributed by atoms with Crippen molar-refractivity contribution in [1.29, 1.82) is 0 Å². The van der Waals surface area contributed by atoms with Crippen LogP contribution in [-0.4, -0.2) is 68.8 Å². The minimum absolute atomic E-state index is 0.00905. The number of carbonyl (C=O) groups is 2. The summed E-state index contributed by atoms with van der Waals surface area (Å²) < 4.78 is 32.7. The number of rotatable bonds is 8. The first kappa shape index (κ1) is 24.5. The van der Waals surface area contributed by atoms with Crippen molar-refractivity contribution in [2.75, 3.05) is 33.3 Å². The Bertz CT molecular complexity index is 897. The number of carbonyl (C=O) groups excluding carboxylic acids is 2. The number of hydrogen-bond acceptors (Lipinski definition) is 5. The van der Waals surface area contributed by atoms with E-state index < -0.39 is 22.0 Å². The van der Waals surface area contributed by atoms with Crippen LogP contribution in [0.1, 0.15) is 46.0 Å². The Kier molecular flexibility index (Phi) is 8.16. The number of nitrogens with one attached hydrogen (secondary N) is 1.